The highest BCUT2D eigenvalue weighted by Gasteiger charge is 2.33. The predicted octanol–water partition coefficient (Wildman–Crippen LogP) is 3.72. The molecule has 1 aliphatic carbocycles. The number of aryl methyl sites for hydroxylation is 1. The molecular weight excluding hydrogens is 312 g/mol. The van der Waals surface area contributed by atoms with Gasteiger partial charge in [0.25, 0.3) is 11.5 Å². The second-order valence-electron chi connectivity index (χ2n) is 6.80. The molecule has 126 valence electrons. The van der Waals surface area contributed by atoms with Crippen molar-refractivity contribution < 1.29 is 4.79 Å². The van der Waals surface area contributed by atoms with Gasteiger partial charge in [-0.3, -0.25) is 9.59 Å². The molecule has 1 aliphatic rings. The van der Waals surface area contributed by atoms with Gasteiger partial charge in [0.1, 0.15) is 5.69 Å². The van der Waals surface area contributed by atoms with Crippen molar-refractivity contribution in [3.8, 4) is 0 Å². The Balaban J connectivity index is 1.64. The van der Waals surface area contributed by atoms with Crippen LogP contribution >= 0.6 is 0 Å². The number of aromatic amines is 1. The Kier molecular flexibility index (Phi) is 3.88. The number of pyridine rings is 1. The molecule has 2 N–H and O–H groups in total. The summed E-state index contributed by atoms with van der Waals surface area (Å²) in [5.41, 5.74) is 2.39. The van der Waals surface area contributed by atoms with Crippen molar-refractivity contribution in [3.63, 3.8) is 0 Å². The fourth-order valence-corrected chi connectivity index (χ4v) is 3.23. The maximum Gasteiger partial charge on any atom is 0.268 e. The van der Waals surface area contributed by atoms with E-state index < -0.39 is 0 Å². The van der Waals surface area contributed by atoms with Crippen molar-refractivity contribution >= 4 is 16.7 Å². The number of amides is 1. The second-order valence-corrected chi connectivity index (χ2v) is 6.80. The van der Waals surface area contributed by atoms with Crippen molar-refractivity contribution in [2.75, 3.05) is 0 Å². The molecule has 3 aromatic rings. The van der Waals surface area contributed by atoms with Crippen LogP contribution in [-0.4, -0.2) is 10.9 Å². The van der Waals surface area contributed by atoms with E-state index >= 15 is 0 Å². The predicted molar refractivity (Wildman–Crippen MR) is 98.7 cm³/mol. The zero-order valence-corrected chi connectivity index (χ0v) is 14.1. The maximum atomic E-state index is 12.7. The molecule has 1 fully saturated rings. The zero-order valence-electron chi connectivity index (χ0n) is 14.1. The molecule has 0 unspecified atom stereocenters. The van der Waals surface area contributed by atoms with Gasteiger partial charge in [0.2, 0.25) is 0 Å². The molecule has 1 amide bonds. The highest BCUT2D eigenvalue weighted by atomic mass is 16.2. The van der Waals surface area contributed by atoms with Crippen molar-refractivity contribution in [1.29, 1.82) is 0 Å². The molecule has 4 nitrogen and oxygen atoms in total. The van der Waals surface area contributed by atoms with Gasteiger partial charge in [0, 0.05) is 5.39 Å². The molecule has 0 radical (unpaired) electrons. The number of rotatable bonds is 4. The molecule has 0 spiro atoms. The van der Waals surface area contributed by atoms with Gasteiger partial charge in [0.15, 0.2) is 0 Å². The topological polar surface area (TPSA) is 62.0 Å². The van der Waals surface area contributed by atoms with Gasteiger partial charge >= 0.3 is 0 Å². The molecule has 4 heteroatoms. The lowest BCUT2D eigenvalue weighted by molar-refractivity contribution is 0.0926. The molecule has 1 atom stereocenters. The first-order valence-corrected chi connectivity index (χ1v) is 8.61. The number of H-pyrrole nitrogens is 1. The number of nitrogens with one attached hydrogen (secondary N) is 2. The number of hydrogen-bond donors (Lipinski definition) is 2. The van der Waals surface area contributed by atoms with E-state index in [9.17, 15) is 9.59 Å². The summed E-state index contributed by atoms with van der Waals surface area (Å²) in [6.07, 6.45) is 2.24. The van der Waals surface area contributed by atoms with E-state index in [1.807, 2.05) is 25.1 Å². The van der Waals surface area contributed by atoms with E-state index in [1.54, 1.807) is 12.1 Å². The van der Waals surface area contributed by atoms with Crippen LogP contribution < -0.4 is 10.9 Å². The van der Waals surface area contributed by atoms with Gasteiger partial charge in [-0.15, -0.1) is 0 Å². The van der Waals surface area contributed by atoms with Crippen molar-refractivity contribution in [2.24, 2.45) is 5.92 Å². The molecule has 0 saturated heterocycles. The average Bonchev–Trinajstić information content (AvgIpc) is 3.45. The second kappa shape index (κ2) is 6.20. The van der Waals surface area contributed by atoms with E-state index in [0.29, 0.717) is 17.0 Å². The molecule has 25 heavy (non-hydrogen) atoms. The molecule has 1 saturated carbocycles. The number of carbonyl (C=O) groups is 1. The van der Waals surface area contributed by atoms with Crippen molar-refractivity contribution in [1.82, 2.24) is 10.3 Å². The van der Waals surface area contributed by atoms with Crippen molar-refractivity contribution in [2.45, 2.75) is 25.8 Å². The summed E-state index contributed by atoms with van der Waals surface area (Å²) < 4.78 is 0. The van der Waals surface area contributed by atoms with Gasteiger partial charge in [-0.25, -0.2) is 0 Å². The Morgan fingerprint density at radius 1 is 1.12 bits per heavy atom. The van der Waals surface area contributed by atoms with Gasteiger partial charge < -0.3 is 10.3 Å². The lowest BCUT2D eigenvalue weighted by Crippen LogP contribution is -2.31. The SMILES string of the molecule is Cc1ccc([C@H](NC(=O)c2cc3ccccc3c(=O)[nH]2)C2CC2)cc1. The molecule has 1 aromatic heterocycles. The van der Waals surface area contributed by atoms with E-state index in [4.69, 9.17) is 0 Å². The van der Waals surface area contributed by atoms with Crippen LogP contribution in [0.25, 0.3) is 10.8 Å². The lowest BCUT2D eigenvalue weighted by Gasteiger charge is -2.19. The van der Waals surface area contributed by atoms with Crippen LogP contribution in [0.2, 0.25) is 0 Å². The van der Waals surface area contributed by atoms with Crippen LogP contribution in [0, 0.1) is 12.8 Å². The standard InChI is InChI=1S/C21H20N2O2/c1-13-6-8-14(9-7-13)19(15-10-11-15)23-21(25)18-12-16-4-2-3-5-17(16)20(24)22-18/h2-9,12,15,19H,10-11H2,1H3,(H,22,24)(H,23,25)/t19-/m0/s1. The number of aromatic nitrogens is 1. The Hall–Kier alpha value is -2.88. The summed E-state index contributed by atoms with van der Waals surface area (Å²) in [7, 11) is 0. The maximum absolute atomic E-state index is 12.7. The first-order valence-electron chi connectivity index (χ1n) is 8.61. The molecule has 1 heterocycles. The van der Waals surface area contributed by atoms with Gasteiger partial charge in [0.05, 0.1) is 6.04 Å². The third-order valence-electron chi connectivity index (χ3n) is 4.81. The lowest BCUT2D eigenvalue weighted by atomic mass is 10.0. The minimum atomic E-state index is -0.236. The Labute approximate surface area is 145 Å². The fraction of sp³-hybridized carbons (Fsp3) is 0.238. The summed E-state index contributed by atoms with van der Waals surface area (Å²) >= 11 is 0. The third kappa shape index (κ3) is 3.20. The van der Waals surface area contributed by atoms with Crippen LogP contribution in [0.15, 0.2) is 59.4 Å². The highest BCUT2D eigenvalue weighted by molar-refractivity contribution is 5.96. The minimum absolute atomic E-state index is 0.0110. The normalized spacial score (nSPS) is 15.1. The average molecular weight is 332 g/mol. The van der Waals surface area contributed by atoms with Crippen LogP contribution in [-0.2, 0) is 0 Å². The third-order valence-corrected chi connectivity index (χ3v) is 4.81. The number of hydrogen-bond acceptors (Lipinski definition) is 2. The van der Waals surface area contributed by atoms with Crippen LogP contribution in [0.5, 0.6) is 0 Å². The highest BCUT2D eigenvalue weighted by Crippen LogP contribution is 2.41. The van der Waals surface area contributed by atoms with Gasteiger partial charge in [-0.05, 0) is 48.8 Å². The smallest absolute Gasteiger partial charge is 0.268 e. The summed E-state index contributed by atoms with van der Waals surface area (Å²) in [5, 5.41) is 4.48. The zero-order chi connectivity index (χ0) is 17.4. The summed E-state index contributed by atoms with van der Waals surface area (Å²) in [6, 6.07) is 17.3. The van der Waals surface area contributed by atoms with Crippen LogP contribution in [0.1, 0.15) is 40.5 Å². The van der Waals surface area contributed by atoms with E-state index in [0.717, 1.165) is 23.8 Å². The van der Waals surface area contributed by atoms with E-state index in [1.165, 1.54) is 5.56 Å². The summed E-state index contributed by atoms with van der Waals surface area (Å²) in [5.74, 6) is 0.235. The number of benzene rings is 2. The minimum Gasteiger partial charge on any atom is -0.344 e. The van der Waals surface area contributed by atoms with Gasteiger partial charge in [-0.2, -0.15) is 0 Å². The summed E-state index contributed by atoms with van der Waals surface area (Å²) in [6.45, 7) is 2.05. The number of fused-ring (bicyclic) bond motifs is 1. The van der Waals surface area contributed by atoms with Crippen LogP contribution in [0.3, 0.4) is 0 Å². The molecule has 2 aromatic carbocycles. The molecule has 0 bridgehead atoms. The van der Waals surface area contributed by atoms with Crippen LogP contribution in [0.4, 0.5) is 0 Å². The van der Waals surface area contributed by atoms with E-state index in [2.05, 4.69) is 34.6 Å². The molecular formula is C21H20N2O2. The Bertz CT molecular complexity index is 985. The quantitative estimate of drug-likeness (QED) is 0.765. The largest absolute Gasteiger partial charge is 0.344 e. The Morgan fingerprint density at radius 3 is 2.56 bits per heavy atom. The van der Waals surface area contributed by atoms with E-state index in [-0.39, 0.29) is 17.5 Å². The first kappa shape index (κ1) is 15.6. The summed E-state index contributed by atoms with van der Waals surface area (Å²) in [4.78, 5) is 27.7. The Morgan fingerprint density at radius 2 is 1.84 bits per heavy atom. The first-order chi connectivity index (χ1) is 12.1. The van der Waals surface area contributed by atoms with Crippen molar-refractivity contribution in [3.05, 3.63) is 81.8 Å². The molecule has 0 aliphatic heterocycles. The fourth-order valence-electron chi connectivity index (χ4n) is 3.23. The monoisotopic (exact) mass is 332 g/mol. The molecule has 4 rings (SSSR count). The van der Waals surface area contributed by atoms with Gasteiger partial charge in [-0.1, -0.05) is 48.0 Å². The number of carbonyl (C=O) groups excluding carboxylic acids is 1.